The van der Waals surface area contributed by atoms with Crippen LogP contribution in [0.2, 0.25) is 0 Å². The van der Waals surface area contributed by atoms with E-state index in [1.54, 1.807) is 36.4 Å². The highest BCUT2D eigenvalue weighted by molar-refractivity contribution is 5.94. The summed E-state index contributed by atoms with van der Waals surface area (Å²) in [6.07, 6.45) is -0.669. The lowest BCUT2D eigenvalue weighted by Crippen LogP contribution is -2.36. The molecule has 1 saturated carbocycles. The van der Waals surface area contributed by atoms with Gasteiger partial charge in [0.25, 0.3) is 5.91 Å². The number of hydrogen-bond donors (Lipinski definition) is 3. The number of carbonyl (C=O) groups is 2. The van der Waals surface area contributed by atoms with Crippen molar-refractivity contribution in [2.45, 2.75) is 57.0 Å². The van der Waals surface area contributed by atoms with Gasteiger partial charge in [0, 0.05) is 17.5 Å². The maximum Gasteiger partial charge on any atom is 0.573 e. The fourth-order valence-corrected chi connectivity index (χ4v) is 4.54. The van der Waals surface area contributed by atoms with Gasteiger partial charge in [-0.2, -0.15) is 5.10 Å². The highest BCUT2D eigenvalue weighted by atomic mass is 19.4. The molecule has 3 N–H and O–H groups in total. The first-order valence-corrected chi connectivity index (χ1v) is 12.3. The number of ether oxygens (including phenoxy) is 1. The van der Waals surface area contributed by atoms with Crippen LogP contribution in [-0.4, -0.2) is 50.9 Å². The zero-order chi connectivity index (χ0) is 27.3. The fraction of sp³-hybridized carbons (Fsp3) is 0.370. The monoisotopic (exact) mass is 531 g/mol. The Morgan fingerprint density at radius 1 is 1.05 bits per heavy atom. The van der Waals surface area contributed by atoms with Gasteiger partial charge in [-0.1, -0.05) is 31.4 Å². The van der Waals surface area contributed by atoms with Crippen molar-refractivity contribution >= 4 is 11.9 Å². The van der Waals surface area contributed by atoms with Gasteiger partial charge in [-0.05, 0) is 60.9 Å². The summed E-state index contributed by atoms with van der Waals surface area (Å²) in [6.45, 7) is -0.402. The van der Waals surface area contributed by atoms with Gasteiger partial charge in [0.2, 0.25) is 0 Å². The number of carbonyl (C=O) groups excluding carboxylic acids is 1. The van der Waals surface area contributed by atoms with E-state index in [0.29, 0.717) is 12.0 Å². The molecule has 0 bridgehead atoms. The summed E-state index contributed by atoms with van der Waals surface area (Å²) in [5.74, 6) is -2.20. The Balaban J connectivity index is 1.51. The maximum atomic E-state index is 12.6. The molecule has 0 aliphatic heterocycles. The normalized spacial score (nSPS) is 15.2. The number of aromatic nitrogens is 2. The lowest BCUT2D eigenvalue weighted by Gasteiger charge is -2.24. The van der Waals surface area contributed by atoms with Gasteiger partial charge in [-0.25, -0.2) is 4.79 Å². The molecule has 0 spiro atoms. The number of benzene rings is 2. The molecule has 4 rings (SSSR count). The van der Waals surface area contributed by atoms with E-state index in [2.05, 4.69) is 10.1 Å². The molecule has 2 aromatic carbocycles. The average Bonchev–Trinajstić information content (AvgIpc) is 3.31. The van der Waals surface area contributed by atoms with Crippen molar-refractivity contribution in [1.82, 2.24) is 15.1 Å². The molecule has 202 valence electrons. The number of carboxylic acids is 1. The Hall–Kier alpha value is -3.86. The second-order valence-electron chi connectivity index (χ2n) is 9.27. The van der Waals surface area contributed by atoms with E-state index >= 15 is 0 Å². The number of nitrogens with one attached hydrogen (secondary N) is 1. The highest BCUT2D eigenvalue weighted by Gasteiger charge is 2.31. The number of halogens is 3. The van der Waals surface area contributed by atoms with Crippen molar-refractivity contribution in [3.05, 3.63) is 71.4 Å². The SMILES string of the molecule is O=C(NCC(O)C(=O)O)c1ccc(Cc2cc(-c3ccc(OC(F)(F)F)cc3)n(C3CCCCC3)n2)cc1. The molecule has 0 radical (unpaired) electrons. The number of aliphatic hydroxyl groups excluding tert-OH is 1. The average molecular weight is 532 g/mol. The highest BCUT2D eigenvalue weighted by Crippen LogP contribution is 2.34. The van der Waals surface area contributed by atoms with Crippen LogP contribution in [0.5, 0.6) is 5.75 Å². The summed E-state index contributed by atoms with van der Waals surface area (Å²) >= 11 is 0. The van der Waals surface area contributed by atoms with Gasteiger partial charge in [0.05, 0.1) is 24.0 Å². The zero-order valence-electron chi connectivity index (χ0n) is 20.4. The summed E-state index contributed by atoms with van der Waals surface area (Å²) in [4.78, 5) is 22.9. The van der Waals surface area contributed by atoms with E-state index in [1.165, 1.54) is 18.6 Å². The minimum atomic E-state index is -4.76. The van der Waals surface area contributed by atoms with Crippen LogP contribution in [-0.2, 0) is 11.2 Å². The number of amides is 1. The number of nitrogens with zero attached hydrogens (tertiary/aromatic N) is 2. The molecule has 1 amide bonds. The van der Waals surface area contributed by atoms with E-state index in [1.807, 2.05) is 10.7 Å². The quantitative estimate of drug-likeness (QED) is 0.368. The first-order valence-electron chi connectivity index (χ1n) is 12.3. The van der Waals surface area contributed by atoms with Crippen LogP contribution in [0, 0.1) is 0 Å². The molecule has 0 saturated heterocycles. The molecule has 3 aromatic rings. The number of hydrogen-bond acceptors (Lipinski definition) is 5. The third-order valence-electron chi connectivity index (χ3n) is 6.43. The zero-order valence-corrected chi connectivity index (χ0v) is 20.4. The van der Waals surface area contributed by atoms with Gasteiger partial charge < -0.3 is 20.3 Å². The summed E-state index contributed by atoms with van der Waals surface area (Å²) in [5.41, 5.74) is 3.54. The van der Waals surface area contributed by atoms with Crippen LogP contribution in [0.15, 0.2) is 54.6 Å². The van der Waals surface area contributed by atoms with Crippen LogP contribution < -0.4 is 10.1 Å². The number of aliphatic hydroxyl groups is 1. The maximum absolute atomic E-state index is 12.6. The van der Waals surface area contributed by atoms with Gasteiger partial charge in [-0.3, -0.25) is 9.48 Å². The molecular formula is C27H28F3N3O5. The number of aliphatic carboxylic acids is 1. The van der Waals surface area contributed by atoms with Gasteiger partial charge in [0.1, 0.15) is 5.75 Å². The first-order chi connectivity index (χ1) is 18.1. The molecule has 8 nitrogen and oxygen atoms in total. The van der Waals surface area contributed by atoms with Crippen LogP contribution in [0.4, 0.5) is 13.2 Å². The number of rotatable bonds is 9. The molecule has 1 aromatic heterocycles. The molecular weight excluding hydrogens is 503 g/mol. The lowest BCUT2D eigenvalue weighted by atomic mass is 9.95. The lowest BCUT2D eigenvalue weighted by molar-refractivity contribution is -0.274. The summed E-state index contributed by atoms with van der Waals surface area (Å²) in [7, 11) is 0. The van der Waals surface area contributed by atoms with Crippen LogP contribution in [0.3, 0.4) is 0 Å². The smallest absolute Gasteiger partial charge is 0.479 e. The van der Waals surface area contributed by atoms with E-state index in [9.17, 15) is 27.9 Å². The third kappa shape index (κ3) is 7.12. The van der Waals surface area contributed by atoms with Crippen molar-refractivity contribution in [3.63, 3.8) is 0 Å². The van der Waals surface area contributed by atoms with Gasteiger partial charge in [0.15, 0.2) is 6.10 Å². The topological polar surface area (TPSA) is 114 Å². The van der Waals surface area contributed by atoms with Crippen molar-refractivity contribution < 1.29 is 37.7 Å². The van der Waals surface area contributed by atoms with E-state index in [0.717, 1.165) is 48.2 Å². The molecule has 11 heteroatoms. The predicted octanol–water partition coefficient (Wildman–Crippen LogP) is 4.72. The largest absolute Gasteiger partial charge is 0.573 e. The van der Waals surface area contributed by atoms with Crippen molar-refractivity contribution in [1.29, 1.82) is 0 Å². The molecule has 1 aliphatic rings. The molecule has 1 atom stereocenters. The Morgan fingerprint density at radius 3 is 2.32 bits per heavy atom. The standard InChI is InChI=1S/C27H28F3N3O5/c28-27(29,30)38-22-12-10-18(11-13-22)23-15-20(32-33(23)21-4-2-1-3-5-21)14-17-6-8-19(9-7-17)25(35)31-16-24(34)26(36)37/h6-13,15,21,24,34H,1-5,14,16H2,(H,31,35)(H,36,37). The second-order valence-corrected chi connectivity index (χ2v) is 9.27. The Kier molecular flexibility index (Phi) is 8.35. The van der Waals surface area contributed by atoms with Crippen molar-refractivity contribution in [2.75, 3.05) is 6.54 Å². The summed E-state index contributed by atoms with van der Waals surface area (Å²) in [5, 5.41) is 25.3. The summed E-state index contributed by atoms with van der Waals surface area (Å²) in [6, 6.07) is 14.7. The van der Waals surface area contributed by atoms with E-state index < -0.39 is 30.9 Å². The Bertz CT molecular complexity index is 1250. The van der Waals surface area contributed by atoms with E-state index in [4.69, 9.17) is 10.2 Å². The molecule has 1 aliphatic carbocycles. The van der Waals surface area contributed by atoms with Crippen molar-refractivity contribution in [3.8, 4) is 17.0 Å². The number of carboxylic acid groups (broad SMARTS) is 1. The first kappa shape index (κ1) is 27.2. The summed E-state index contributed by atoms with van der Waals surface area (Å²) < 4.78 is 43.7. The Morgan fingerprint density at radius 2 is 1.71 bits per heavy atom. The molecule has 1 unspecified atom stereocenters. The van der Waals surface area contributed by atoms with Gasteiger partial charge >= 0.3 is 12.3 Å². The fourth-order valence-electron chi connectivity index (χ4n) is 4.54. The third-order valence-corrected chi connectivity index (χ3v) is 6.43. The van der Waals surface area contributed by atoms with Crippen LogP contribution in [0.1, 0.15) is 59.8 Å². The van der Waals surface area contributed by atoms with E-state index in [-0.39, 0.29) is 11.8 Å². The molecule has 1 fully saturated rings. The second kappa shape index (κ2) is 11.7. The minimum Gasteiger partial charge on any atom is -0.479 e. The minimum absolute atomic E-state index is 0.200. The molecule has 38 heavy (non-hydrogen) atoms. The molecule has 1 heterocycles. The van der Waals surface area contributed by atoms with Crippen LogP contribution in [0.25, 0.3) is 11.3 Å². The van der Waals surface area contributed by atoms with Crippen LogP contribution >= 0.6 is 0 Å². The van der Waals surface area contributed by atoms with Crippen molar-refractivity contribution in [2.24, 2.45) is 0 Å². The van der Waals surface area contributed by atoms with Gasteiger partial charge in [-0.15, -0.1) is 13.2 Å². The number of alkyl halides is 3. The predicted molar refractivity (Wildman–Crippen MR) is 132 cm³/mol. The Labute approximate surface area is 217 Å².